The number of rotatable bonds is 6. The van der Waals surface area contributed by atoms with Crippen LogP contribution in [0, 0.1) is 0 Å². The summed E-state index contributed by atoms with van der Waals surface area (Å²) >= 11 is 1.85. The van der Waals surface area contributed by atoms with Crippen LogP contribution in [0.5, 0.6) is 5.75 Å². The van der Waals surface area contributed by atoms with Crippen molar-refractivity contribution >= 4 is 28.0 Å². The molecule has 0 aliphatic heterocycles. The third-order valence-corrected chi connectivity index (χ3v) is 4.72. The first-order chi connectivity index (χ1) is 13.5. The Bertz CT molecular complexity index is 853. The van der Waals surface area contributed by atoms with Crippen LogP contribution < -0.4 is 4.74 Å². The van der Waals surface area contributed by atoms with E-state index in [1.807, 2.05) is 30.0 Å². The summed E-state index contributed by atoms with van der Waals surface area (Å²) in [6, 6.07) is 17.9. The Hall–Kier alpha value is -2.24. The van der Waals surface area contributed by atoms with Crippen molar-refractivity contribution < 1.29 is 40.4 Å². The molecule has 0 heterocycles. The molecule has 29 heavy (non-hydrogen) atoms. The average Bonchev–Trinajstić information content (AvgIpc) is 2.63. The van der Waals surface area contributed by atoms with Gasteiger partial charge in [0.1, 0.15) is 5.75 Å². The van der Waals surface area contributed by atoms with Crippen LogP contribution in [-0.2, 0) is 26.4 Å². The van der Waals surface area contributed by atoms with Gasteiger partial charge in [-0.25, -0.2) is 4.79 Å². The fraction of sp³-hybridized carbons (Fsp3) is 0.278. The summed E-state index contributed by atoms with van der Waals surface area (Å²) in [5, 5.41) is 0. The molecule has 160 valence electrons. The van der Waals surface area contributed by atoms with Crippen molar-refractivity contribution in [2.45, 2.75) is 23.9 Å². The van der Waals surface area contributed by atoms with E-state index in [-0.39, 0.29) is 0 Å². The van der Waals surface area contributed by atoms with Crippen molar-refractivity contribution in [2.24, 2.45) is 0 Å². The summed E-state index contributed by atoms with van der Waals surface area (Å²) in [7, 11) is -5.84. The predicted molar refractivity (Wildman–Crippen MR) is 103 cm³/mol. The molecule has 0 bridgehead atoms. The maximum atomic E-state index is 11.2. The van der Waals surface area contributed by atoms with Gasteiger partial charge in [-0.05, 0) is 30.2 Å². The van der Waals surface area contributed by atoms with E-state index >= 15 is 0 Å². The lowest BCUT2D eigenvalue weighted by atomic mass is 10.2. The zero-order chi connectivity index (χ0) is 21.9. The maximum absolute atomic E-state index is 11.2. The first-order valence-corrected chi connectivity index (χ1v) is 10.7. The summed E-state index contributed by atoms with van der Waals surface area (Å²) in [5.74, 6) is 2.42. The molecule has 0 unspecified atom stereocenters. The largest absolute Gasteiger partial charge is 0.522 e. The number of alkyl halides is 3. The molecule has 2 aromatic carbocycles. The van der Waals surface area contributed by atoms with Crippen molar-refractivity contribution in [2.75, 3.05) is 6.61 Å². The molecule has 0 amide bonds. The molecule has 0 spiro atoms. The summed E-state index contributed by atoms with van der Waals surface area (Å²) < 4.78 is 67.3. The number of ether oxygens (including phenoxy) is 2. The molecule has 0 aromatic heterocycles. The van der Waals surface area contributed by atoms with Crippen molar-refractivity contribution in [3.63, 3.8) is 0 Å². The van der Waals surface area contributed by atoms with Crippen LogP contribution in [0.25, 0.3) is 0 Å². The van der Waals surface area contributed by atoms with Gasteiger partial charge in [-0.1, -0.05) is 42.5 Å². The Morgan fingerprint density at radius 3 is 1.93 bits per heavy atom. The highest BCUT2D eigenvalue weighted by Gasteiger charge is 2.44. The van der Waals surface area contributed by atoms with Gasteiger partial charge in [0.05, 0.1) is 6.61 Å². The summed E-state index contributed by atoms with van der Waals surface area (Å²) in [6.07, 6.45) is -0.663. The van der Waals surface area contributed by atoms with Crippen LogP contribution in [0.1, 0.15) is 18.1 Å². The minimum absolute atomic E-state index is 0.313. The number of hydrogen-bond acceptors (Lipinski definition) is 6. The number of thioether (sulfide) groups is 1. The second kappa shape index (κ2) is 11.7. The third-order valence-electron chi connectivity index (χ3n) is 3.06. The topological polar surface area (TPSA) is 89.9 Å². The van der Waals surface area contributed by atoms with Crippen molar-refractivity contribution in [1.82, 2.24) is 0 Å². The normalized spacial score (nSPS) is 11.2. The van der Waals surface area contributed by atoms with Crippen molar-refractivity contribution in [3.8, 4) is 5.75 Å². The van der Waals surface area contributed by atoms with Crippen LogP contribution in [-0.4, -0.2) is 31.2 Å². The quantitative estimate of drug-likeness (QED) is 0.284. The van der Waals surface area contributed by atoms with E-state index in [0.717, 1.165) is 11.5 Å². The van der Waals surface area contributed by atoms with Crippen LogP contribution >= 0.6 is 11.8 Å². The minimum atomic E-state index is -5.84. The van der Waals surface area contributed by atoms with Crippen LogP contribution in [0.4, 0.5) is 18.0 Å². The monoisotopic (exact) mass is 452 g/mol. The molecule has 0 aliphatic carbocycles. The molecule has 0 atom stereocenters. The van der Waals surface area contributed by atoms with Gasteiger partial charge < -0.3 is 9.47 Å². The third kappa shape index (κ3) is 10.2. The molecule has 2 rings (SSSR count). The van der Waals surface area contributed by atoms with Gasteiger partial charge in [-0.2, -0.15) is 33.4 Å². The number of halogens is 3. The Kier molecular flexibility index (Phi) is 9.99. The highest BCUT2D eigenvalue weighted by molar-refractivity contribution is 7.97. The van der Waals surface area contributed by atoms with Gasteiger partial charge in [-0.3, -0.25) is 4.55 Å². The molecule has 6 nitrogen and oxygen atoms in total. The summed E-state index contributed by atoms with van der Waals surface area (Å²) in [6.45, 7) is 2.06. The second-order valence-corrected chi connectivity index (χ2v) is 7.73. The van der Waals surface area contributed by atoms with Gasteiger partial charge in [0, 0.05) is 11.5 Å². The molecule has 0 saturated heterocycles. The first-order valence-electron chi connectivity index (χ1n) is 8.12. The maximum Gasteiger partial charge on any atom is 0.522 e. The van der Waals surface area contributed by atoms with Gasteiger partial charge in [-0.15, -0.1) is 0 Å². The number of hydrogen-bond donors (Lipinski definition) is 1. The van der Waals surface area contributed by atoms with Crippen molar-refractivity contribution in [3.05, 3.63) is 65.7 Å². The van der Waals surface area contributed by atoms with Gasteiger partial charge >= 0.3 is 21.8 Å². The van der Waals surface area contributed by atoms with Gasteiger partial charge in [0.2, 0.25) is 0 Å². The Morgan fingerprint density at radius 1 is 1.00 bits per heavy atom. The van der Waals surface area contributed by atoms with Gasteiger partial charge in [0.25, 0.3) is 0 Å². The van der Waals surface area contributed by atoms with Gasteiger partial charge in [0.15, 0.2) is 0 Å². The van der Waals surface area contributed by atoms with Crippen LogP contribution in [0.3, 0.4) is 0 Å². The predicted octanol–water partition coefficient (Wildman–Crippen LogP) is 5.05. The lowest BCUT2D eigenvalue weighted by molar-refractivity contribution is -0.0510. The standard InChI is InChI=1S/C17H18O3S.CHF3O3S/c1-2-19-17(18)20-16-10-8-15(9-11-16)13-21-12-14-6-4-3-5-7-14;2-1(3,4)8(5,6)7/h3-11H,2,12-13H2,1H3;(H,5,6,7). The van der Waals surface area contributed by atoms with E-state index in [9.17, 15) is 18.0 Å². The molecule has 0 radical (unpaired) electrons. The highest BCUT2D eigenvalue weighted by Crippen LogP contribution is 2.21. The fourth-order valence-corrected chi connectivity index (χ4v) is 2.72. The Morgan fingerprint density at radius 2 is 1.48 bits per heavy atom. The molecule has 0 fully saturated rings. The van der Waals surface area contributed by atoms with E-state index in [4.69, 9.17) is 22.4 Å². The highest BCUT2D eigenvalue weighted by atomic mass is 32.2. The molecule has 0 saturated carbocycles. The Balaban J connectivity index is 0.000000447. The van der Waals surface area contributed by atoms with E-state index in [1.165, 1.54) is 11.1 Å². The zero-order valence-electron chi connectivity index (χ0n) is 15.3. The lowest BCUT2D eigenvalue weighted by Gasteiger charge is -2.06. The lowest BCUT2D eigenvalue weighted by Crippen LogP contribution is -2.21. The summed E-state index contributed by atoms with van der Waals surface area (Å²) in [5.41, 5.74) is -3.01. The van der Waals surface area contributed by atoms with E-state index < -0.39 is 21.8 Å². The summed E-state index contributed by atoms with van der Waals surface area (Å²) in [4.78, 5) is 11.2. The fourth-order valence-electron chi connectivity index (χ4n) is 1.76. The first kappa shape index (κ1) is 24.8. The second-order valence-electron chi connectivity index (χ2n) is 5.33. The SMILES string of the molecule is CCOC(=O)Oc1ccc(CSCc2ccccc2)cc1.O=S(=O)(O)C(F)(F)F. The number of carbonyl (C=O) groups is 1. The molecular weight excluding hydrogens is 433 g/mol. The van der Waals surface area contributed by atoms with Crippen LogP contribution in [0.2, 0.25) is 0 Å². The number of carbonyl (C=O) groups excluding carboxylic acids is 1. The van der Waals surface area contributed by atoms with E-state index in [1.54, 1.807) is 19.1 Å². The zero-order valence-corrected chi connectivity index (χ0v) is 16.9. The van der Waals surface area contributed by atoms with Crippen LogP contribution in [0.15, 0.2) is 54.6 Å². The van der Waals surface area contributed by atoms with E-state index in [0.29, 0.717) is 12.4 Å². The average molecular weight is 452 g/mol. The molecule has 0 aliphatic rings. The Labute approximate surface area is 170 Å². The molecular formula is C18H19F3O6S2. The van der Waals surface area contributed by atoms with Crippen molar-refractivity contribution in [1.29, 1.82) is 0 Å². The molecule has 1 N–H and O–H groups in total. The van der Waals surface area contributed by atoms with E-state index in [2.05, 4.69) is 24.3 Å². The molecule has 11 heteroatoms. The number of benzene rings is 2. The smallest absolute Gasteiger partial charge is 0.434 e. The molecule has 2 aromatic rings. The minimum Gasteiger partial charge on any atom is -0.434 e.